The van der Waals surface area contributed by atoms with Gasteiger partial charge in [-0.2, -0.15) is 12.7 Å². The van der Waals surface area contributed by atoms with Crippen molar-refractivity contribution in [3.63, 3.8) is 0 Å². The number of hydrogen-bond donors (Lipinski definition) is 1. The van der Waals surface area contributed by atoms with Gasteiger partial charge in [0, 0.05) is 29.6 Å². The fraction of sp³-hybridized carbons (Fsp3) is 0.300. The molecule has 2 N–H and O–H groups in total. The number of nitrogens with zero attached hydrogens (tertiary/aromatic N) is 3. The Bertz CT molecular complexity index is 1150. The highest BCUT2D eigenvalue weighted by atomic mass is 32.2. The summed E-state index contributed by atoms with van der Waals surface area (Å²) in [6.07, 6.45) is 3.22. The van der Waals surface area contributed by atoms with E-state index < -0.39 is 10.2 Å². The molecule has 0 radical (unpaired) electrons. The van der Waals surface area contributed by atoms with E-state index in [0.717, 1.165) is 40.6 Å². The minimum atomic E-state index is -3.72. The van der Waals surface area contributed by atoms with Gasteiger partial charge in [-0.15, -0.1) is 0 Å². The molecule has 2 aromatic carbocycles. The monoisotopic (exact) mass is 414 g/mol. The third-order valence-electron chi connectivity index (χ3n) is 4.99. The van der Waals surface area contributed by atoms with Crippen LogP contribution in [0.5, 0.6) is 11.5 Å². The summed E-state index contributed by atoms with van der Waals surface area (Å²) in [7, 11) is -0.556. The van der Waals surface area contributed by atoms with Gasteiger partial charge >= 0.3 is 0 Å². The zero-order valence-electron chi connectivity index (χ0n) is 16.2. The van der Waals surface area contributed by atoms with Gasteiger partial charge in [-0.1, -0.05) is 24.3 Å². The molecular formula is C20H22N4O4S. The Morgan fingerprint density at radius 1 is 1.07 bits per heavy atom. The Morgan fingerprint density at radius 3 is 2.31 bits per heavy atom. The van der Waals surface area contributed by atoms with Crippen LogP contribution in [0.1, 0.15) is 18.4 Å². The maximum atomic E-state index is 11.8. The molecule has 8 nitrogen and oxygen atoms in total. The van der Waals surface area contributed by atoms with Crippen molar-refractivity contribution in [3.8, 4) is 22.8 Å². The SMILES string of the molecule is COc1cc2ncnc(-c3ccc(CN(C4CC4)S(N)(=O)=O)cc3)c2cc1OC. The number of nitrogens with two attached hydrogens (primary N) is 1. The minimum Gasteiger partial charge on any atom is -0.493 e. The summed E-state index contributed by atoms with van der Waals surface area (Å²) in [6.45, 7) is 0.263. The van der Waals surface area contributed by atoms with Crippen LogP contribution in [0, 0.1) is 0 Å². The predicted molar refractivity (Wildman–Crippen MR) is 110 cm³/mol. The predicted octanol–water partition coefficient (Wildman–Crippen LogP) is 2.48. The minimum absolute atomic E-state index is 0.0120. The molecule has 0 saturated heterocycles. The van der Waals surface area contributed by atoms with Crippen LogP contribution in [0.2, 0.25) is 0 Å². The van der Waals surface area contributed by atoms with Crippen molar-refractivity contribution in [1.29, 1.82) is 0 Å². The number of ether oxygens (including phenoxy) is 2. The average Bonchev–Trinajstić information content (AvgIpc) is 3.55. The lowest BCUT2D eigenvalue weighted by Crippen LogP contribution is -2.37. The number of aromatic nitrogens is 2. The van der Waals surface area contributed by atoms with E-state index in [4.69, 9.17) is 14.6 Å². The molecule has 1 fully saturated rings. The van der Waals surface area contributed by atoms with E-state index in [1.165, 1.54) is 10.6 Å². The van der Waals surface area contributed by atoms with Crippen molar-refractivity contribution >= 4 is 21.1 Å². The van der Waals surface area contributed by atoms with Crippen LogP contribution in [0.3, 0.4) is 0 Å². The lowest BCUT2D eigenvalue weighted by molar-refractivity contribution is 0.356. The van der Waals surface area contributed by atoms with E-state index in [9.17, 15) is 8.42 Å². The molecule has 4 rings (SSSR count). The van der Waals surface area contributed by atoms with Gasteiger partial charge in [-0.25, -0.2) is 15.1 Å². The molecule has 29 heavy (non-hydrogen) atoms. The van der Waals surface area contributed by atoms with E-state index in [1.54, 1.807) is 14.2 Å². The zero-order chi connectivity index (χ0) is 20.6. The van der Waals surface area contributed by atoms with E-state index in [2.05, 4.69) is 9.97 Å². The number of hydrogen-bond acceptors (Lipinski definition) is 6. The molecule has 9 heteroatoms. The Hall–Kier alpha value is -2.75. The van der Waals surface area contributed by atoms with Crippen LogP contribution in [-0.2, 0) is 16.8 Å². The van der Waals surface area contributed by atoms with Gasteiger partial charge in [0.2, 0.25) is 0 Å². The Labute approximate surface area is 169 Å². The first kappa shape index (κ1) is 19.6. The van der Waals surface area contributed by atoms with Crippen LogP contribution >= 0.6 is 0 Å². The van der Waals surface area contributed by atoms with Gasteiger partial charge in [0.05, 0.1) is 25.4 Å². The lowest BCUT2D eigenvalue weighted by atomic mass is 10.0. The van der Waals surface area contributed by atoms with Crippen molar-refractivity contribution in [1.82, 2.24) is 14.3 Å². The highest BCUT2D eigenvalue weighted by molar-refractivity contribution is 7.86. The quantitative estimate of drug-likeness (QED) is 0.636. The smallest absolute Gasteiger partial charge is 0.277 e. The standard InChI is InChI=1S/C20H22N4O4S/c1-27-18-9-16-17(10-19(18)28-2)22-12-23-20(16)14-5-3-13(4-6-14)11-24(15-7-8-15)29(21,25)26/h3-6,9-10,12,15H,7-8,11H2,1-2H3,(H2,21,25,26). The molecule has 152 valence electrons. The van der Waals surface area contributed by atoms with Crippen molar-refractivity contribution in [2.75, 3.05) is 14.2 Å². The molecule has 1 saturated carbocycles. The molecular weight excluding hydrogens is 392 g/mol. The van der Waals surface area contributed by atoms with Crippen LogP contribution in [-0.4, -0.2) is 43.0 Å². The first-order valence-electron chi connectivity index (χ1n) is 9.16. The number of fused-ring (bicyclic) bond motifs is 1. The highest BCUT2D eigenvalue weighted by Gasteiger charge is 2.35. The van der Waals surface area contributed by atoms with E-state index in [0.29, 0.717) is 11.5 Å². The second kappa shape index (κ2) is 7.58. The van der Waals surface area contributed by atoms with Crippen molar-refractivity contribution < 1.29 is 17.9 Å². The largest absolute Gasteiger partial charge is 0.493 e. The summed E-state index contributed by atoms with van der Waals surface area (Å²) < 4.78 is 35.8. The number of methoxy groups -OCH3 is 2. The normalized spacial score (nSPS) is 14.3. The van der Waals surface area contributed by atoms with Gasteiger partial charge < -0.3 is 9.47 Å². The van der Waals surface area contributed by atoms with Crippen LogP contribution in [0.4, 0.5) is 0 Å². The molecule has 1 heterocycles. The zero-order valence-corrected chi connectivity index (χ0v) is 17.0. The Morgan fingerprint density at radius 2 is 1.72 bits per heavy atom. The molecule has 0 aliphatic heterocycles. The molecule has 0 amide bonds. The number of benzene rings is 2. The lowest BCUT2D eigenvalue weighted by Gasteiger charge is -2.19. The number of rotatable bonds is 7. The summed E-state index contributed by atoms with van der Waals surface area (Å²) in [5.74, 6) is 1.20. The topological polar surface area (TPSA) is 108 Å². The van der Waals surface area contributed by atoms with Gasteiger partial charge in [-0.3, -0.25) is 0 Å². The van der Waals surface area contributed by atoms with E-state index >= 15 is 0 Å². The van der Waals surface area contributed by atoms with Gasteiger partial charge in [0.25, 0.3) is 10.2 Å². The molecule has 1 aliphatic carbocycles. The summed E-state index contributed by atoms with van der Waals surface area (Å²) >= 11 is 0. The maximum absolute atomic E-state index is 11.8. The molecule has 1 aliphatic rings. The van der Waals surface area contributed by atoms with Crippen molar-refractivity contribution in [2.24, 2.45) is 5.14 Å². The molecule has 0 bridgehead atoms. The van der Waals surface area contributed by atoms with Crippen LogP contribution < -0.4 is 14.6 Å². The van der Waals surface area contributed by atoms with Crippen molar-refractivity contribution in [3.05, 3.63) is 48.3 Å². The Balaban J connectivity index is 1.68. The third-order valence-corrected chi connectivity index (χ3v) is 6.07. The molecule has 0 spiro atoms. The van der Waals surface area contributed by atoms with E-state index in [-0.39, 0.29) is 12.6 Å². The van der Waals surface area contributed by atoms with Crippen molar-refractivity contribution in [2.45, 2.75) is 25.4 Å². The highest BCUT2D eigenvalue weighted by Crippen LogP contribution is 2.35. The average molecular weight is 414 g/mol. The second-order valence-corrected chi connectivity index (χ2v) is 8.46. The molecule has 0 unspecified atom stereocenters. The summed E-state index contributed by atoms with van der Waals surface area (Å²) in [5.41, 5.74) is 3.26. The fourth-order valence-electron chi connectivity index (χ4n) is 3.35. The fourth-order valence-corrected chi connectivity index (χ4v) is 4.31. The third kappa shape index (κ3) is 4.02. The van der Waals surface area contributed by atoms with Gasteiger partial charge in [-0.05, 0) is 24.5 Å². The van der Waals surface area contributed by atoms with Gasteiger partial charge in [0.15, 0.2) is 11.5 Å². The second-order valence-electron chi connectivity index (χ2n) is 6.96. The van der Waals surface area contributed by atoms with Gasteiger partial charge in [0.1, 0.15) is 6.33 Å². The molecule has 3 aromatic rings. The first-order valence-corrected chi connectivity index (χ1v) is 10.7. The van der Waals surface area contributed by atoms with Crippen LogP contribution in [0.25, 0.3) is 22.2 Å². The summed E-state index contributed by atoms with van der Waals surface area (Å²) in [5, 5.41) is 6.20. The molecule has 0 atom stereocenters. The summed E-state index contributed by atoms with van der Waals surface area (Å²) in [4.78, 5) is 8.77. The maximum Gasteiger partial charge on any atom is 0.277 e. The Kier molecular flexibility index (Phi) is 5.12. The first-order chi connectivity index (χ1) is 13.9. The van der Waals surface area contributed by atoms with Crippen LogP contribution in [0.15, 0.2) is 42.7 Å². The van der Waals surface area contributed by atoms with E-state index in [1.807, 2.05) is 36.4 Å². The summed E-state index contributed by atoms with van der Waals surface area (Å²) in [6, 6.07) is 11.3. The molecule has 1 aromatic heterocycles.